The third-order valence-electron chi connectivity index (χ3n) is 4.63. The van der Waals surface area contributed by atoms with Gasteiger partial charge in [0.2, 0.25) is 0 Å². The number of halogens is 2. The Balaban J connectivity index is 1.39. The van der Waals surface area contributed by atoms with Gasteiger partial charge in [0.25, 0.3) is 0 Å². The molecule has 1 fully saturated rings. The molecule has 1 aliphatic rings. The molecule has 0 unspecified atom stereocenters. The number of amides is 2. The Bertz CT molecular complexity index is 853. The minimum atomic E-state index is -0.995. The lowest BCUT2D eigenvalue weighted by molar-refractivity contribution is -0.136. The molecule has 8 heteroatoms. The smallest absolute Gasteiger partial charge is 0.313 e. The maximum atomic E-state index is 13.5. The van der Waals surface area contributed by atoms with Crippen LogP contribution in [0.5, 0.6) is 0 Å². The summed E-state index contributed by atoms with van der Waals surface area (Å²) in [6.07, 6.45) is 1.40. The number of ether oxygens (including phenoxy) is 1. The second kappa shape index (κ2) is 9.97. The van der Waals surface area contributed by atoms with E-state index in [4.69, 9.17) is 4.74 Å². The zero-order valence-corrected chi connectivity index (χ0v) is 15.9. The van der Waals surface area contributed by atoms with E-state index in [1.165, 1.54) is 0 Å². The van der Waals surface area contributed by atoms with E-state index in [0.717, 1.165) is 56.1 Å². The molecule has 154 valence electrons. The Morgan fingerprint density at radius 1 is 1.00 bits per heavy atom. The number of carbonyl (C=O) groups is 2. The van der Waals surface area contributed by atoms with Gasteiger partial charge in [-0.25, -0.2) is 8.78 Å². The zero-order valence-electron chi connectivity index (χ0n) is 15.9. The highest BCUT2D eigenvalue weighted by Crippen LogP contribution is 2.17. The van der Waals surface area contributed by atoms with Crippen LogP contribution in [-0.2, 0) is 20.7 Å². The molecule has 2 amide bonds. The Kier molecular flexibility index (Phi) is 7.13. The summed E-state index contributed by atoms with van der Waals surface area (Å²) in [7, 11) is 0. The molecule has 2 N–H and O–H groups in total. The summed E-state index contributed by atoms with van der Waals surface area (Å²) in [5.74, 6) is -3.56. The number of rotatable bonds is 6. The van der Waals surface area contributed by atoms with Gasteiger partial charge >= 0.3 is 11.8 Å². The van der Waals surface area contributed by atoms with Crippen LogP contribution in [0.1, 0.15) is 12.0 Å². The molecule has 6 nitrogen and oxygen atoms in total. The van der Waals surface area contributed by atoms with Gasteiger partial charge in [-0.3, -0.25) is 9.59 Å². The second-order valence-electron chi connectivity index (χ2n) is 6.70. The predicted octanol–water partition coefficient (Wildman–Crippen LogP) is 2.49. The molecule has 1 saturated heterocycles. The molecule has 1 heterocycles. The van der Waals surface area contributed by atoms with Crippen LogP contribution in [0.25, 0.3) is 0 Å². The van der Waals surface area contributed by atoms with E-state index in [-0.39, 0.29) is 5.69 Å². The molecule has 1 aliphatic heterocycles. The standard InChI is InChI=1S/C21H23F2N3O3/c22-16-5-8-19(18(23)14-16)25-21(28)20(27)24-9-1-2-15-3-6-17(7-4-15)26-10-12-29-13-11-26/h3-8,14H,1-2,9-13H2,(H,24,27)(H,25,28). The van der Waals surface area contributed by atoms with Crippen LogP contribution in [0.2, 0.25) is 0 Å². The van der Waals surface area contributed by atoms with E-state index >= 15 is 0 Å². The van der Waals surface area contributed by atoms with Crippen molar-refractivity contribution in [1.82, 2.24) is 5.32 Å². The minimum absolute atomic E-state index is 0.244. The molecular formula is C21H23F2N3O3. The van der Waals surface area contributed by atoms with E-state index < -0.39 is 23.4 Å². The van der Waals surface area contributed by atoms with E-state index in [2.05, 4.69) is 39.8 Å². The first-order valence-corrected chi connectivity index (χ1v) is 9.49. The highest BCUT2D eigenvalue weighted by Gasteiger charge is 2.15. The summed E-state index contributed by atoms with van der Waals surface area (Å²) in [6, 6.07) is 11.0. The highest BCUT2D eigenvalue weighted by molar-refractivity contribution is 6.39. The van der Waals surface area contributed by atoms with Crippen LogP contribution < -0.4 is 15.5 Å². The van der Waals surface area contributed by atoms with Crippen molar-refractivity contribution in [2.45, 2.75) is 12.8 Å². The van der Waals surface area contributed by atoms with Crippen molar-refractivity contribution in [3.8, 4) is 0 Å². The fourth-order valence-corrected chi connectivity index (χ4v) is 3.04. The lowest BCUT2D eigenvalue weighted by Crippen LogP contribution is -2.36. The summed E-state index contributed by atoms with van der Waals surface area (Å²) in [4.78, 5) is 25.9. The molecule has 0 atom stereocenters. The van der Waals surface area contributed by atoms with Crippen molar-refractivity contribution in [2.75, 3.05) is 43.1 Å². The maximum Gasteiger partial charge on any atom is 0.313 e. The Morgan fingerprint density at radius 3 is 2.41 bits per heavy atom. The number of benzene rings is 2. The minimum Gasteiger partial charge on any atom is -0.378 e. The number of hydrogen-bond donors (Lipinski definition) is 2. The largest absolute Gasteiger partial charge is 0.378 e. The van der Waals surface area contributed by atoms with Gasteiger partial charge in [-0.1, -0.05) is 12.1 Å². The van der Waals surface area contributed by atoms with Crippen molar-refractivity contribution >= 4 is 23.2 Å². The number of hydrogen-bond acceptors (Lipinski definition) is 4. The highest BCUT2D eigenvalue weighted by atomic mass is 19.1. The third kappa shape index (κ3) is 5.99. The van der Waals surface area contributed by atoms with Gasteiger partial charge in [-0.05, 0) is 42.7 Å². The number of nitrogens with zero attached hydrogens (tertiary/aromatic N) is 1. The van der Waals surface area contributed by atoms with Crippen LogP contribution in [0.3, 0.4) is 0 Å². The van der Waals surface area contributed by atoms with Crippen LogP contribution in [0.4, 0.5) is 20.2 Å². The number of morpholine rings is 1. The molecule has 2 aromatic carbocycles. The first kappa shape index (κ1) is 20.7. The van der Waals surface area contributed by atoms with E-state index in [1.807, 2.05) is 0 Å². The van der Waals surface area contributed by atoms with Gasteiger partial charge in [0.1, 0.15) is 11.6 Å². The van der Waals surface area contributed by atoms with E-state index in [0.29, 0.717) is 19.0 Å². The van der Waals surface area contributed by atoms with Gasteiger partial charge in [-0.2, -0.15) is 0 Å². The molecule has 0 spiro atoms. The van der Waals surface area contributed by atoms with Gasteiger partial charge < -0.3 is 20.3 Å². The Morgan fingerprint density at radius 2 is 1.72 bits per heavy atom. The zero-order chi connectivity index (χ0) is 20.6. The number of carbonyl (C=O) groups excluding carboxylic acids is 2. The van der Waals surface area contributed by atoms with Crippen molar-refractivity contribution in [1.29, 1.82) is 0 Å². The van der Waals surface area contributed by atoms with Crippen LogP contribution in [-0.4, -0.2) is 44.7 Å². The number of anilines is 2. The summed E-state index contributed by atoms with van der Waals surface area (Å²) in [6.45, 7) is 3.56. The quantitative estimate of drug-likeness (QED) is 0.574. The number of nitrogens with one attached hydrogen (secondary N) is 2. The molecule has 29 heavy (non-hydrogen) atoms. The summed E-state index contributed by atoms with van der Waals surface area (Å²) < 4.78 is 31.7. The van der Waals surface area contributed by atoms with Gasteiger partial charge in [0, 0.05) is 31.4 Å². The van der Waals surface area contributed by atoms with Crippen molar-refractivity contribution in [3.05, 3.63) is 59.7 Å². The SMILES string of the molecule is O=C(NCCCc1ccc(N2CCOCC2)cc1)C(=O)Nc1ccc(F)cc1F. The van der Waals surface area contributed by atoms with Gasteiger partial charge in [-0.15, -0.1) is 0 Å². The van der Waals surface area contributed by atoms with E-state index in [9.17, 15) is 18.4 Å². The molecule has 0 bridgehead atoms. The summed E-state index contributed by atoms with van der Waals surface area (Å²) >= 11 is 0. The Labute approximate surface area is 167 Å². The van der Waals surface area contributed by atoms with Crippen LogP contribution in [0, 0.1) is 11.6 Å². The topological polar surface area (TPSA) is 70.7 Å². The first-order valence-electron chi connectivity index (χ1n) is 9.49. The normalized spacial score (nSPS) is 13.8. The first-order chi connectivity index (χ1) is 14.0. The average Bonchev–Trinajstić information content (AvgIpc) is 2.74. The predicted molar refractivity (Wildman–Crippen MR) is 106 cm³/mol. The number of aryl methyl sites for hydroxylation is 1. The fourth-order valence-electron chi connectivity index (χ4n) is 3.04. The van der Waals surface area contributed by atoms with Crippen LogP contribution in [0.15, 0.2) is 42.5 Å². The molecule has 0 saturated carbocycles. The van der Waals surface area contributed by atoms with Gasteiger partial charge in [0.05, 0.1) is 18.9 Å². The fraction of sp³-hybridized carbons (Fsp3) is 0.333. The summed E-state index contributed by atoms with van der Waals surface area (Å²) in [5.41, 5.74) is 2.05. The monoisotopic (exact) mass is 403 g/mol. The van der Waals surface area contributed by atoms with Gasteiger partial charge in [0.15, 0.2) is 0 Å². The molecule has 2 aromatic rings. The van der Waals surface area contributed by atoms with Crippen LogP contribution >= 0.6 is 0 Å². The van der Waals surface area contributed by atoms with Crippen molar-refractivity contribution in [2.24, 2.45) is 0 Å². The molecule has 0 aliphatic carbocycles. The second-order valence-corrected chi connectivity index (χ2v) is 6.70. The summed E-state index contributed by atoms with van der Waals surface area (Å²) in [5, 5.41) is 4.62. The average molecular weight is 403 g/mol. The third-order valence-corrected chi connectivity index (χ3v) is 4.63. The molecular weight excluding hydrogens is 380 g/mol. The molecule has 0 aromatic heterocycles. The van der Waals surface area contributed by atoms with Crippen molar-refractivity contribution < 1.29 is 23.1 Å². The Hall–Kier alpha value is -3.00. The van der Waals surface area contributed by atoms with E-state index in [1.54, 1.807) is 0 Å². The molecule has 3 rings (SSSR count). The maximum absolute atomic E-state index is 13.5. The lowest BCUT2D eigenvalue weighted by Gasteiger charge is -2.28. The lowest BCUT2D eigenvalue weighted by atomic mass is 10.1. The molecule has 0 radical (unpaired) electrons. The van der Waals surface area contributed by atoms with Crippen molar-refractivity contribution in [3.63, 3.8) is 0 Å².